The zero-order chi connectivity index (χ0) is 11.6. The fraction of sp³-hybridized carbons (Fsp3) is 1.00. The summed E-state index contributed by atoms with van der Waals surface area (Å²) in [6.07, 6.45) is 0.929. The van der Waals surface area contributed by atoms with Gasteiger partial charge in [-0.15, -0.1) is 0 Å². The molecule has 1 fully saturated rings. The minimum absolute atomic E-state index is 0.173. The molecule has 1 rings (SSSR count). The molecule has 1 aliphatic rings. The SMILES string of the molecule is COCCOCCCOC1COCCC1O. The molecule has 0 amide bonds. The van der Waals surface area contributed by atoms with Crippen molar-refractivity contribution >= 4 is 0 Å². The molecular formula is C11H22O5. The van der Waals surface area contributed by atoms with E-state index in [4.69, 9.17) is 18.9 Å². The second-order valence-electron chi connectivity index (χ2n) is 3.80. The smallest absolute Gasteiger partial charge is 0.107 e. The largest absolute Gasteiger partial charge is 0.390 e. The van der Waals surface area contributed by atoms with Crippen molar-refractivity contribution in [3.8, 4) is 0 Å². The lowest BCUT2D eigenvalue weighted by molar-refractivity contribution is -0.119. The number of aliphatic hydroxyl groups excluding tert-OH is 1. The second kappa shape index (κ2) is 8.90. The molecule has 2 unspecified atom stereocenters. The zero-order valence-electron chi connectivity index (χ0n) is 9.89. The molecule has 1 aliphatic heterocycles. The Morgan fingerprint density at radius 2 is 2.12 bits per heavy atom. The molecular weight excluding hydrogens is 212 g/mol. The third kappa shape index (κ3) is 5.77. The molecule has 0 aromatic carbocycles. The van der Waals surface area contributed by atoms with Gasteiger partial charge in [-0.3, -0.25) is 0 Å². The maximum Gasteiger partial charge on any atom is 0.107 e. The molecule has 1 saturated heterocycles. The van der Waals surface area contributed by atoms with Crippen LogP contribution in [0.5, 0.6) is 0 Å². The van der Waals surface area contributed by atoms with Gasteiger partial charge in [0.2, 0.25) is 0 Å². The molecule has 0 spiro atoms. The van der Waals surface area contributed by atoms with E-state index in [1.54, 1.807) is 7.11 Å². The fourth-order valence-corrected chi connectivity index (χ4v) is 1.50. The normalized spacial score (nSPS) is 25.9. The first-order valence-corrected chi connectivity index (χ1v) is 5.78. The highest BCUT2D eigenvalue weighted by Gasteiger charge is 2.23. The van der Waals surface area contributed by atoms with E-state index in [2.05, 4.69) is 0 Å². The summed E-state index contributed by atoms with van der Waals surface area (Å²) < 4.78 is 20.9. The molecule has 0 radical (unpaired) electrons. The summed E-state index contributed by atoms with van der Waals surface area (Å²) in [6.45, 7) is 3.61. The summed E-state index contributed by atoms with van der Waals surface area (Å²) in [5, 5.41) is 9.59. The van der Waals surface area contributed by atoms with Crippen LogP contribution in [0.4, 0.5) is 0 Å². The summed E-state index contributed by atoms with van der Waals surface area (Å²) in [5.41, 5.74) is 0. The lowest BCUT2D eigenvalue weighted by atomic mass is 10.1. The fourth-order valence-electron chi connectivity index (χ4n) is 1.50. The van der Waals surface area contributed by atoms with Gasteiger partial charge in [0.15, 0.2) is 0 Å². The average Bonchev–Trinajstić information content (AvgIpc) is 2.30. The first kappa shape index (κ1) is 13.9. The van der Waals surface area contributed by atoms with Gasteiger partial charge in [0.05, 0.1) is 25.9 Å². The molecule has 1 N–H and O–H groups in total. The highest BCUT2D eigenvalue weighted by atomic mass is 16.5. The van der Waals surface area contributed by atoms with Gasteiger partial charge in [-0.2, -0.15) is 0 Å². The summed E-state index contributed by atoms with van der Waals surface area (Å²) in [6, 6.07) is 0. The maximum atomic E-state index is 9.59. The Labute approximate surface area is 96.6 Å². The number of hydrogen-bond acceptors (Lipinski definition) is 5. The van der Waals surface area contributed by atoms with Crippen LogP contribution in [0.2, 0.25) is 0 Å². The van der Waals surface area contributed by atoms with Gasteiger partial charge >= 0.3 is 0 Å². The van der Waals surface area contributed by atoms with Crippen LogP contribution >= 0.6 is 0 Å². The Bertz CT molecular complexity index is 164. The molecule has 5 nitrogen and oxygen atoms in total. The average molecular weight is 234 g/mol. The monoisotopic (exact) mass is 234 g/mol. The molecule has 16 heavy (non-hydrogen) atoms. The predicted molar refractivity (Wildman–Crippen MR) is 58.5 cm³/mol. The van der Waals surface area contributed by atoms with Crippen LogP contribution in [0.1, 0.15) is 12.8 Å². The summed E-state index contributed by atoms with van der Waals surface area (Å²) in [4.78, 5) is 0. The summed E-state index contributed by atoms with van der Waals surface area (Å²) in [7, 11) is 1.65. The van der Waals surface area contributed by atoms with Crippen LogP contribution in [0.15, 0.2) is 0 Å². The van der Waals surface area contributed by atoms with Crippen molar-refractivity contribution in [3.63, 3.8) is 0 Å². The van der Waals surface area contributed by atoms with Crippen molar-refractivity contribution in [1.29, 1.82) is 0 Å². The van der Waals surface area contributed by atoms with E-state index in [-0.39, 0.29) is 12.2 Å². The van der Waals surface area contributed by atoms with Crippen molar-refractivity contribution in [1.82, 2.24) is 0 Å². The molecule has 0 bridgehead atoms. The van der Waals surface area contributed by atoms with Crippen molar-refractivity contribution in [2.24, 2.45) is 0 Å². The standard InChI is InChI=1S/C11H22O5/c1-13-7-8-14-4-2-5-16-11-9-15-6-3-10(11)12/h10-12H,2-9H2,1H3. The third-order valence-corrected chi connectivity index (χ3v) is 2.47. The van der Waals surface area contributed by atoms with Crippen molar-refractivity contribution in [2.75, 3.05) is 46.8 Å². The number of hydrogen-bond donors (Lipinski definition) is 1. The minimum Gasteiger partial charge on any atom is -0.390 e. The number of aliphatic hydroxyl groups is 1. The predicted octanol–water partition coefficient (Wildman–Crippen LogP) is 0.206. The lowest BCUT2D eigenvalue weighted by Crippen LogP contribution is -2.39. The quantitative estimate of drug-likeness (QED) is 0.608. The van der Waals surface area contributed by atoms with Crippen molar-refractivity contribution in [3.05, 3.63) is 0 Å². The van der Waals surface area contributed by atoms with Crippen LogP contribution in [0.25, 0.3) is 0 Å². The molecule has 0 aromatic heterocycles. The molecule has 1 heterocycles. The number of methoxy groups -OCH3 is 1. The number of rotatable bonds is 8. The van der Waals surface area contributed by atoms with Gasteiger partial charge in [-0.25, -0.2) is 0 Å². The van der Waals surface area contributed by atoms with Crippen LogP contribution in [0, 0.1) is 0 Å². The van der Waals surface area contributed by atoms with E-state index in [1.165, 1.54) is 0 Å². The van der Waals surface area contributed by atoms with E-state index in [0.717, 1.165) is 6.42 Å². The first-order valence-electron chi connectivity index (χ1n) is 5.78. The van der Waals surface area contributed by atoms with Gasteiger partial charge in [0, 0.05) is 26.9 Å². The van der Waals surface area contributed by atoms with E-state index in [1.807, 2.05) is 0 Å². The topological polar surface area (TPSA) is 57.2 Å². The Kier molecular flexibility index (Phi) is 7.71. The van der Waals surface area contributed by atoms with E-state index >= 15 is 0 Å². The van der Waals surface area contributed by atoms with Crippen molar-refractivity contribution in [2.45, 2.75) is 25.0 Å². The van der Waals surface area contributed by atoms with Crippen LogP contribution in [0.3, 0.4) is 0 Å². The molecule has 2 atom stereocenters. The van der Waals surface area contributed by atoms with E-state index < -0.39 is 0 Å². The first-order chi connectivity index (χ1) is 7.84. The lowest BCUT2D eigenvalue weighted by Gasteiger charge is -2.27. The summed E-state index contributed by atoms with van der Waals surface area (Å²) in [5.74, 6) is 0. The van der Waals surface area contributed by atoms with Gasteiger partial charge in [0.1, 0.15) is 6.10 Å². The van der Waals surface area contributed by atoms with Crippen molar-refractivity contribution < 1.29 is 24.1 Å². The highest BCUT2D eigenvalue weighted by Crippen LogP contribution is 2.11. The molecule has 5 heteroatoms. The third-order valence-electron chi connectivity index (χ3n) is 2.47. The van der Waals surface area contributed by atoms with E-state index in [0.29, 0.717) is 46.1 Å². The Morgan fingerprint density at radius 3 is 2.88 bits per heavy atom. The van der Waals surface area contributed by atoms with Crippen LogP contribution in [-0.4, -0.2) is 64.1 Å². The van der Waals surface area contributed by atoms with Gasteiger partial charge in [0.25, 0.3) is 0 Å². The molecule has 0 aliphatic carbocycles. The second-order valence-corrected chi connectivity index (χ2v) is 3.80. The maximum absolute atomic E-state index is 9.59. The Morgan fingerprint density at radius 1 is 1.25 bits per heavy atom. The molecule has 96 valence electrons. The van der Waals surface area contributed by atoms with E-state index in [9.17, 15) is 5.11 Å². The summed E-state index contributed by atoms with van der Waals surface area (Å²) >= 11 is 0. The van der Waals surface area contributed by atoms with Gasteiger partial charge in [-0.05, 0) is 12.8 Å². The Balaban J connectivity index is 1.90. The molecule has 0 aromatic rings. The van der Waals surface area contributed by atoms with Crippen LogP contribution < -0.4 is 0 Å². The number of ether oxygens (including phenoxy) is 4. The van der Waals surface area contributed by atoms with Gasteiger partial charge < -0.3 is 24.1 Å². The Hall–Kier alpha value is -0.200. The minimum atomic E-state index is -0.386. The van der Waals surface area contributed by atoms with Crippen LogP contribution in [-0.2, 0) is 18.9 Å². The molecule has 0 saturated carbocycles. The zero-order valence-corrected chi connectivity index (χ0v) is 9.89. The van der Waals surface area contributed by atoms with Gasteiger partial charge in [-0.1, -0.05) is 0 Å². The highest BCUT2D eigenvalue weighted by molar-refractivity contribution is 4.72.